The van der Waals surface area contributed by atoms with E-state index in [-0.39, 0.29) is 49.1 Å². The molecule has 0 N–H and O–H groups in total. The standard InChI is InChI=1S/C51H79NO7/c1-6-8-10-12-14-16-18-20-22-24-26-27-29-31-33-35-37-39-41-49(53)58-46-47(45-57-44-43-48(51(55)56)52(3,4)5)59-50(54)42-40-38-36-34-32-30-28-25-23-21-19-17-15-13-11-9-7-2/h9-12,14-18,20-24,26-28,30,34,36,47-48H,6-8,13,19,25,29,31-33,35,37-46H2,1-5H3/b11-9+,12-10+,16-14+,17-15+,20-18+,23-21+,24-22+,27-26+,30-28+,36-34+. The highest BCUT2D eigenvalue weighted by molar-refractivity contribution is 5.70. The minimum atomic E-state index is -1.14. The smallest absolute Gasteiger partial charge is 0.306 e. The lowest BCUT2D eigenvalue weighted by atomic mass is 10.1. The Bertz CT molecular complexity index is 1370. The van der Waals surface area contributed by atoms with Crippen LogP contribution in [0.4, 0.5) is 0 Å². The minimum Gasteiger partial charge on any atom is -0.544 e. The summed E-state index contributed by atoms with van der Waals surface area (Å²) in [7, 11) is 5.36. The second-order valence-electron chi connectivity index (χ2n) is 15.3. The van der Waals surface area contributed by atoms with Crippen molar-refractivity contribution >= 4 is 17.9 Å². The Kier molecular flexibility index (Phi) is 37.6. The molecule has 0 aliphatic rings. The van der Waals surface area contributed by atoms with E-state index in [1.54, 1.807) is 21.1 Å². The third-order valence-electron chi connectivity index (χ3n) is 8.94. The molecular weight excluding hydrogens is 739 g/mol. The molecule has 2 atom stereocenters. The SMILES string of the molecule is CC/C=C/C/C=C/C/C=C/C/C=C/C/C=C/CCCC(=O)OC(COCCC(C(=O)[O-])[N+](C)(C)C)COC(=O)CCCCCCC/C=C/C=C/C=C/C=C/C=C/CCC. The maximum Gasteiger partial charge on any atom is 0.306 e. The number of likely N-dealkylation sites (N-methyl/N-ethyl adjacent to an activating group) is 1. The van der Waals surface area contributed by atoms with Gasteiger partial charge in [-0.2, -0.15) is 0 Å². The summed E-state index contributed by atoms with van der Waals surface area (Å²) in [4.78, 5) is 36.9. The van der Waals surface area contributed by atoms with Crippen LogP contribution in [0.25, 0.3) is 0 Å². The summed E-state index contributed by atoms with van der Waals surface area (Å²) >= 11 is 0. The first-order valence-corrected chi connectivity index (χ1v) is 22.1. The predicted molar refractivity (Wildman–Crippen MR) is 244 cm³/mol. The first-order valence-electron chi connectivity index (χ1n) is 22.1. The van der Waals surface area contributed by atoms with E-state index in [2.05, 4.69) is 98.9 Å². The van der Waals surface area contributed by atoms with Gasteiger partial charge in [0.25, 0.3) is 0 Å². The fourth-order valence-electron chi connectivity index (χ4n) is 5.55. The van der Waals surface area contributed by atoms with Crippen molar-refractivity contribution in [2.24, 2.45) is 0 Å². The average Bonchev–Trinajstić information content (AvgIpc) is 3.19. The van der Waals surface area contributed by atoms with Crippen molar-refractivity contribution in [3.63, 3.8) is 0 Å². The van der Waals surface area contributed by atoms with Gasteiger partial charge in [0.05, 0.1) is 40.3 Å². The van der Waals surface area contributed by atoms with E-state index in [9.17, 15) is 19.5 Å². The van der Waals surface area contributed by atoms with Gasteiger partial charge in [0.1, 0.15) is 12.6 Å². The lowest BCUT2D eigenvalue weighted by molar-refractivity contribution is -0.889. The molecule has 0 fully saturated rings. The molecule has 0 amide bonds. The van der Waals surface area contributed by atoms with Crippen molar-refractivity contribution in [3.8, 4) is 0 Å². The molecule has 0 radical (unpaired) electrons. The van der Waals surface area contributed by atoms with E-state index in [0.717, 1.165) is 83.5 Å². The van der Waals surface area contributed by atoms with E-state index < -0.39 is 18.1 Å². The molecular formula is C51H79NO7. The number of aliphatic carboxylic acids is 1. The van der Waals surface area contributed by atoms with Crippen LogP contribution in [0.5, 0.6) is 0 Å². The zero-order valence-electron chi connectivity index (χ0n) is 37.4. The largest absolute Gasteiger partial charge is 0.544 e. The van der Waals surface area contributed by atoms with E-state index in [0.29, 0.717) is 12.8 Å². The first kappa shape index (κ1) is 54.7. The van der Waals surface area contributed by atoms with Gasteiger partial charge in [0, 0.05) is 19.3 Å². The molecule has 8 nitrogen and oxygen atoms in total. The molecule has 0 saturated heterocycles. The van der Waals surface area contributed by atoms with Crippen LogP contribution in [0.15, 0.2) is 122 Å². The fourth-order valence-corrected chi connectivity index (χ4v) is 5.55. The van der Waals surface area contributed by atoms with Crippen LogP contribution in [0, 0.1) is 0 Å². The highest BCUT2D eigenvalue weighted by atomic mass is 16.6. The number of carbonyl (C=O) groups excluding carboxylic acids is 3. The fraction of sp³-hybridized carbons (Fsp3) is 0.549. The van der Waals surface area contributed by atoms with E-state index in [4.69, 9.17) is 14.2 Å². The number of quaternary nitrogens is 1. The maximum absolute atomic E-state index is 12.7. The van der Waals surface area contributed by atoms with Crippen LogP contribution in [-0.2, 0) is 28.6 Å². The van der Waals surface area contributed by atoms with Crippen LogP contribution in [0.1, 0.15) is 129 Å². The van der Waals surface area contributed by atoms with Crippen LogP contribution < -0.4 is 5.11 Å². The molecule has 0 spiro atoms. The van der Waals surface area contributed by atoms with Crippen molar-refractivity contribution in [1.29, 1.82) is 0 Å². The minimum absolute atomic E-state index is 0.00000713. The number of carbonyl (C=O) groups is 3. The van der Waals surface area contributed by atoms with E-state index in [1.807, 2.05) is 36.5 Å². The van der Waals surface area contributed by atoms with Crippen molar-refractivity contribution in [3.05, 3.63) is 122 Å². The van der Waals surface area contributed by atoms with Gasteiger partial charge in [-0.15, -0.1) is 0 Å². The van der Waals surface area contributed by atoms with Crippen LogP contribution in [-0.4, -0.2) is 75.5 Å². The zero-order valence-corrected chi connectivity index (χ0v) is 37.4. The highest BCUT2D eigenvalue weighted by Gasteiger charge is 2.25. The Morgan fingerprint density at radius 2 is 1.03 bits per heavy atom. The normalized spacial score (nSPS) is 14.1. The second kappa shape index (κ2) is 40.5. The van der Waals surface area contributed by atoms with E-state index >= 15 is 0 Å². The summed E-state index contributed by atoms with van der Waals surface area (Å²) in [6.07, 6.45) is 56.5. The number of rotatable bonds is 37. The number of carboxylic acids is 1. The maximum atomic E-state index is 12.7. The summed E-state index contributed by atoms with van der Waals surface area (Å²) in [5.74, 6) is -1.87. The Hall–Kier alpha value is -4.27. The number of carboxylic acid groups (broad SMARTS) is 1. The molecule has 0 aromatic heterocycles. The lowest BCUT2D eigenvalue weighted by Crippen LogP contribution is -2.55. The van der Waals surface area contributed by atoms with Gasteiger partial charge in [-0.25, -0.2) is 0 Å². The van der Waals surface area contributed by atoms with Gasteiger partial charge in [-0.1, -0.05) is 161 Å². The zero-order chi connectivity index (χ0) is 43.5. The van der Waals surface area contributed by atoms with Gasteiger partial charge in [-0.05, 0) is 70.6 Å². The second-order valence-corrected chi connectivity index (χ2v) is 15.3. The molecule has 8 heteroatoms. The molecule has 0 heterocycles. The summed E-state index contributed by atoms with van der Waals surface area (Å²) in [6.45, 7) is 4.34. The highest BCUT2D eigenvalue weighted by Crippen LogP contribution is 2.11. The van der Waals surface area contributed by atoms with E-state index in [1.165, 1.54) is 6.42 Å². The summed E-state index contributed by atoms with van der Waals surface area (Å²) in [6, 6.07) is -0.748. The van der Waals surface area contributed by atoms with Crippen molar-refractivity contribution in [2.75, 3.05) is 41.0 Å². The van der Waals surface area contributed by atoms with Crippen molar-refractivity contribution < 1.29 is 38.2 Å². The van der Waals surface area contributed by atoms with Gasteiger partial charge < -0.3 is 28.6 Å². The molecule has 0 aromatic carbocycles. The summed E-state index contributed by atoms with van der Waals surface area (Å²) in [5.41, 5.74) is 0. The van der Waals surface area contributed by atoms with Gasteiger partial charge in [-0.3, -0.25) is 9.59 Å². The lowest BCUT2D eigenvalue weighted by Gasteiger charge is -2.34. The summed E-state index contributed by atoms with van der Waals surface area (Å²) < 4.78 is 17.1. The predicted octanol–water partition coefficient (Wildman–Crippen LogP) is 10.9. The molecule has 0 aromatic rings. The number of hydrogen-bond donors (Lipinski definition) is 0. The molecule has 59 heavy (non-hydrogen) atoms. The Morgan fingerprint density at radius 3 is 1.59 bits per heavy atom. The van der Waals surface area contributed by atoms with Crippen molar-refractivity contribution in [2.45, 2.75) is 142 Å². The van der Waals surface area contributed by atoms with Gasteiger partial charge in [0.2, 0.25) is 0 Å². The molecule has 0 bridgehead atoms. The molecule has 0 aliphatic carbocycles. The number of unbranched alkanes of at least 4 members (excludes halogenated alkanes) is 7. The number of nitrogens with zero attached hydrogens (tertiary/aromatic N) is 1. The van der Waals surface area contributed by atoms with Gasteiger partial charge in [0.15, 0.2) is 6.10 Å². The molecule has 330 valence electrons. The third kappa shape index (κ3) is 39.0. The third-order valence-corrected chi connectivity index (χ3v) is 8.94. The number of allylic oxidation sites excluding steroid dienone is 20. The molecule has 0 aliphatic heterocycles. The number of ether oxygens (including phenoxy) is 3. The average molecular weight is 818 g/mol. The Balaban J connectivity index is 4.53. The number of hydrogen-bond acceptors (Lipinski definition) is 7. The first-order chi connectivity index (χ1) is 28.6. The van der Waals surface area contributed by atoms with Crippen molar-refractivity contribution in [1.82, 2.24) is 0 Å². The topological polar surface area (TPSA) is 102 Å². The molecule has 0 saturated carbocycles. The summed E-state index contributed by atoms with van der Waals surface area (Å²) in [5, 5.41) is 11.6. The van der Waals surface area contributed by atoms with Crippen LogP contribution >= 0.6 is 0 Å². The molecule has 2 unspecified atom stereocenters. The molecule has 0 rings (SSSR count). The number of esters is 2. The Labute approximate surface area is 359 Å². The monoisotopic (exact) mass is 818 g/mol. The quantitative estimate of drug-likeness (QED) is 0.0202. The Morgan fingerprint density at radius 1 is 0.542 bits per heavy atom. The van der Waals surface area contributed by atoms with Crippen LogP contribution in [0.3, 0.4) is 0 Å². The van der Waals surface area contributed by atoms with Crippen LogP contribution in [0.2, 0.25) is 0 Å². The van der Waals surface area contributed by atoms with Gasteiger partial charge >= 0.3 is 11.9 Å².